The first-order valence-electron chi connectivity index (χ1n) is 6.79. The summed E-state index contributed by atoms with van der Waals surface area (Å²) < 4.78 is 14.2. The second-order valence-corrected chi connectivity index (χ2v) is 6.56. The summed E-state index contributed by atoms with van der Waals surface area (Å²) >= 11 is 0.556. The smallest absolute Gasteiger partial charge is 0.320 e. The van der Waals surface area contributed by atoms with Crippen LogP contribution in [-0.2, 0) is 5.41 Å². The van der Waals surface area contributed by atoms with Crippen LogP contribution in [0, 0.1) is 32.7 Å². The van der Waals surface area contributed by atoms with Crippen LogP contribution in [0.25, 0.3) is 0 Å². The molecule has 24 heavy (non-hydrogen) atoms. The minimum Gasteiger partial charge on any atom is -0.323 e. The van der Waals surface area contributed by atoms with Gasteiger partial charge >= 0.3 is 5.69 Å². The van der Waals surface area contributed by atoms with Crippen molar-refractivity contribution in [2.24, 2.45) is 0 Å². The van der Waals surface area contributed by atoms with Gasteiger partial charge in [-0.1, -0.05) is 20.8 Å². The number of halogens is 1. The first-order valence-corrected chi connectivity index (χ1v) is 7.60. The molecular weight excluding hydrogens is 333 g/mol. The van der Waals surface area contributed by atoms with Gasteiger partial charge < -0.3 is 5.32 Å². The fourth-order valence-corrected chi connectivity index (χ4v) is 2.53. The number of benzene rings is 1. The molecular formula is C15H13FN5O2S. The molecule has 1 heterocycles. The number of aromatic nitrogens is 2. The summed E-state index contributed by atoms with van der Waals surface area (Å²) in [5.74, 6) is -0.386. The molecule has 2 rings (SSSR count). The summed E-state index contributed by atoms with van der Waals surface area (Å²) in [6.45, 7) is 5.54. The van der Waals surface area contributed by atoms with Gasteiger partial charge in [0, 0.05) is 23.4 Å². The Kier molecular flexibility index (Phi) is 4.99. The van der Waals surface area contributed by atoms with Crippen LogP contribution in [0.2, 0.25) is 0 Å². The zero-order valence-corrected chi connectivity index (χ0v) is 13.9. The molecule has 0 aliphatic rings. The second kappa shape index (κ2) is 6.80. The van der Waals surface area contributed by atoms with Gasteiger partial charge in [0.1, 0.15) is 17.4 Å². The normalized spacial score (nSPS) is 11.0. The molecule has 1 aromatic heterocycles. The number of nitrogens with one attached hydrogen (secondary N) is 1. The van der Waals surface area contributed by atoms with Gasteiger partial charge in [-0.15, -0.1) is 0 Å². The van der Waals surface area contributed by atoms with Crippen LogP contribution in [0.3, 0.4) is 0 Å². The number of nitrogens with zero attached hydrogens (tertiary/aromatic N) is 4. The van der Waals surface area contributed by atoms with Crippen LogP contribution in [-0.4, -0.2) is 14.9 Å². The second-order valence-electron chi connectivity index (χ2n) is 5.79. The molecule has 0 unspecified atom stereocenters. The Morgan fingerprint density at radius 2 is 2.21 bits per heavy atom. The van der Waals surface area contributed by atoms with E-state index in [4.69, 9.17) is 5.26 Å². The summed E-state index contributed by atoms with van der Waals surface area (Å²) in [5.41, 5.74) is -0.146. The Bertz CT molecular complexity index is 830. The van der Waals surface area contributed by atoms with Gasteiger partial charge in [0.05, 0.1) is 10.6 Å². The highest BCUT2D eigenvalue weighted by Gasteiger charge is 2.24. The van der Waals surface area contributed by atoms with Crippen molar-refractivity contribution in [3.63, 3.8) is 0 Å². The number of thiocyanates is 1. The lowest BCUT2D eigenvalue weighted by Gasteiger charge is -2.23. The lowest BCUT2D eigenvalue weighted by atomic mass is 9.85. The molecule has 0 aliphatic carbocycles. The average molecular weight is 346 g/mol. The van der Waals surface area contributed by atoms with E-state index in [2.05, 4.69) is 21.4 Å². The van der Waals surface area contributed by atoms with E-state index in [1.165, 1.54) is 12.1 Å². The van der Waals surface area contributed by atoms with E-state index in [1.807, 2.05) is 20.8 Å². The van der Waals surface area contributed by atoms with Gasteiger partial charge in [-0.3, -0.25) is 10.1 Å². The molecule has 0 saturated carbocycles. The van der Waals surface area contributed by atoms with Crippen molar-refractivity contribution < 1.29 is 9.31 Å². The predicted molar refractivity (Wildman–Crippen MR) is 87.4 cm³/mol. The Balaban J connectivity index is 2.46. The third kappa shape index (κ3) is 3.78. The third-order valence-electron chi connectivity index (χ3n) is 3.01. The van der Waals surface area contributed by atoms with Gasteiger partial charge in [-0.2, -0.15) is 10.2 Å². The lowest BCUT2D eigenvalue weighted by Crippen LogP contribution is -2.16. The average Bonchev–Trinajstić information content (AvgIpc) is 2.46. The fraction of sp³-hybridized carbons (Fsp3) is 0.267. The van der Waals surface area contributed by atoms with Crippen molar-refractivity contribution in [3.05, 3.63) is 45.9 Å². The zero-order valence-electron chi connectivity index (χ0n) is 13.1. The van der Waals surface area contributed by atoms with Crippen molar-refractivity contribution in [1.82, 2.24) is 9.97 Å². The molecule has 0 saturated heterocycles. The summed E-state index contributed by atoms with van der Waals surface area (Å²) in [6, 6.07) is 5.61. The first kappa shape index (κ1) is 17.6. The van der Waals surface area contributed by atoms with E-state index >= 15 is 0 Å². The molecule has 2 aromatic rings. The maximum absolute atomic E-state index is 14.2. The Morgan fingerprint density at radius 1 is 1.50 bits per heavy atom. The monoisotopic (exact) mass is 346 g/mol. The van der Waals surface area contributed by atoms with E-state index in [0.717, 1.165) is 6.20 Å². The highest BCUT2D eigenvalue weighted by atomic mass is 32.2. The van der Waals surface area contributed by atoms with Crippen molar-refractivity contribution in [3.8, 4) is 5.40 Å². The molecule has 0 bridgehead atoms. The number of nitriles is 1. The Hall–Kier alpha value is -2.73. The molecule has 123 valence electrons. The number of anilines is 2. The van der Waals surface area contributed by atoms with E-state index in [0.29, 0.717) is 23.0 Å². The summed E-state index contributed by atoms with van der Waals surface area (Å²) in [7, 11) is 0. The topological polar surface area (TPSA) is 105 Å². The van der Waals surface area contributed by atoms with Crippen LogP contribution in [0.4, 0.5) is 21.7 Å². The standard InChI is InChI=1S/C15H13FN5O2S/c1-15(2,3)12-9(16)5-4-6-10(12)19-14-18-7-11(21(22)23)13(20-14)24-8-17/h4-5,7H,1-3H3,(H,18,19,20). The Morgan fingerprint density at radius 3 is 2.79 bits per heavy atom. The van der Waals surface area contributed by atoms with Gasteiger partial charge in [0.25, 0.3) is 0 Å². The maximum atomic E-state index is 14.2. The fourth-order valence-electron chi connectivity index (χ4n) is 2.08. The number of thioether (sulfide) groups is 1. The van der Waals surface area contributed by atoms with E-state index < -0.39 is 16.2 Å². The largest absolute Gasteiger partial charge is 0.323 e. The number of hydrogen-bond donors (Lipinski definition) is 1. The van der Waals surface area contributed by atoms with Gasteiger partial charge in [0.2, 0.25) is 5.95 Å². The molecule has 0 amide bonds. The van der Waals surface area contributed by atoms with Gasteiger partial charge in [0.15, 0.2) is 5.03 Å². The summed E-state index contributed by atoms with van der Waals surface area (Å²) in [5, 5.41) is 24.1. The molecule has 0 aliphatic heterocycles. The maximum Gasteiger partial charge on any atom is 0.320 e. The van der Waals surface area contributed by atoms with Crippen LogP contribution in [0.15, 0.2) is 23.4 Å². The van der Waals surface area contributed by atoms with Crippen molar-refractivity contribution in [2.45, 2.75) is 31.2 Å². The summed E-state index contributed by atoms with van der Waals surface area (Å²) in [6.07, 6.45) is 1.01. The minimum atomic E-state index is -0.668. The van der Waals surface area contributed by atoms with Gasteiger partial charge in [-0.25, -0.2) is 9.37 Å². The van der Waals surface area contributed by atoms with Crippen molar-refractivity contribution in [2.75, 3.05) is 5.32 Å². The quantitative estimate of drug-likeness (QED) is 0.294. The SMILES string of the molecule is CC(C)(C)c1c(Nc2ncc([N+](=O)[O-])c(SC#N)n2)[c]ccc1F. The Labute approximate surface area is 142 Å². The molecule has 1 radical (unpaired) electrons. The van der Waals surface area contributed by atoms with Crippen LogP contribution in [0.5, 0.6) is 0 Å². The highest BCUT2D eigenvalue weighted by molar-refractivity contribution is 8.03. The van der Waals surface area contributed by atoms with E-state index in [1.54, 1.807) is 5.40 Å². The first-order chi connectivity index (χ1) is 11.2. The molecule has 0 spiro atoms. The molecule has 0 atom stereocenters. The molecule has 0 fully saturated rings. The van der Waals surface area contributed by atoms with Crippen LogP contribution < -0.4 is 5.32 Å². The number of nitro groups is 1. The lowest BCUT2D eigenvalue weighted by molar-refractivity contribution is -0.388. The summed E-state index contributed by atoms with van der Waals surface area (Å²) in [4.78, 5) is 18.1. The van der Waals surface area contributed by atoms with Crippen LogP contribution >= 0.6 is 11.8 Å². The van der Waals surface area contributed by atoms with E-state index in [-0.39, 0.29) is 16.7 Å². The molecule has 9 heteroatoms. The number of hydrogen-bond acceptors (Lipinski definition) is 7. The van der Waals surface area contributed by atoms with Crippen molar-refractivity contribution >= 4 is 29.1 Å². The number of rotatable bonds is 4. The van der Waals surface area contributed by atoms with Gasteiger partial charge in [-0.05, 0) is 17.5 Å². The molecule has 1 aromatic carbocycles. The molecule has 7 nitrogen and oxygen atoms in total. The predicted octanol–water partition coefficient (Wildman–Crippen LogP) is 3.94. The van der Waals surface area contributed by atoms with Crippen LogP contribution in [0.1, 0.15) is 26.3 Å². The molecule has 1 N–H and O–H groups in total. The zero-order chi connectivity index (χ0) is 17.9. The van der Waals surface area contributed by atoms with Crippen molar-refractivity contribution in [1.29, 1.82) is 5.26 Å². The minimum absolute atomic E-state index is 0.0192. The van der Waals surface area contributed by atoms with E-state index in [9.17, 15) is 14.5 Å². The third-order valence-corrected chi connectivity index (χ3v) is 3.59. The highest BCUT2D eigenvalue weighted by Crippen LogP contribution is 2.33.